The summed E-state index contributed by atoms with van der Waals surface area (Å²) in [5.41, 5.74) is 0.285. The highest BCUT2D eigenvalue weighted by molar-refractivity contribution is 5.93. The quantitative estimate of drug-likeness (QED) is 0.592. The lowest BCUT2D eigenvalue weighted by Gasteiger charge is -2.20. The van der Waals surface area contributed by atoms with Gasteiger partial charge in [0.05, 0.1) is 24.0 Å². The molecule has 0 aliphatic carbocycles. The molecule has 3 rings (SSSR count). The van der Waals surface area contributed by atoms with E-state index in [9.17, 15) is 18.4 Å². The Morgan fingerprint density at radius 1 is 1.07 bits per heavy atom. The van der Waals surface area contributed by atoms with Gasteiger partial charge in [0, 0.05) is 13.0 Å². The van der Waals surface area contributed by atoms with Crippen molar-refractivity contribution in [3.8, 4) is 0 Å². The first-order chi connectivity index (χ1) is 13.9. The molecule has 0 saturated carbocycles. The Bertz CT molecular complexity index is 995. The van der Waals surface area contributed by atoms with E-state index in [2.05, 4.69) is 26.0 Å². The fourth-order valence-corrected chi connectivity index (χ4v) is 2.68. The van der Waals surface area contributed by atoms with Gasteiger partial charge >= 0.3 is 6.03 Å². The molecule has 0 saturated heterocycles. The van der Waals surface area contributed by atoms with Gasteiger partial charge in [-0.3, -0.25) is 9.48 Å². The number of aromatic nitrogens is 3. The van der Waals surface area contributed by atoms with Crippen molar-refractivity contribution in [3.63, 3.8) is 0 Å². The Balaban J connectivity index is 1.77. The van der Waals surface area contributed by atoms with Crippen LogP contribution >= 0.6 is 0 Å². The molecule has 0 radical (unpaired) electrons. The van der Waals surface area contributed by atoms with Crippen molar-refractivity contribution >= 4 is 23.3 Å². The zero-order chi connectivity index (χ0) is 20.8. The largest absolute Gasteiger partial charge is 0.329 e. The molecule has 1 unspecified atom stereocenters. The second-order valence-corrected chi connectivity index (χ2v) is 6.17. The van der Waals surface area contributed by atoms with E-state index in [1.807, 2.05) is 30.3 Å². The maximum atomic E-state index is 14.1. The van der Waals surface area contributed by atoms with Gasteiger partial charge in [0.25, 0.3) is 0 Å². The number of halogens is 2. The van der Waals surface area contributed by atoms with Gasteiger partial charge in [-0.25, -0.2) is 18.6 Å². The Morgan fingerprint density at radius 3 is 2.38 bits per heavy atom. The first-order valence-corrected chi connectivity index (χ1v) is 8.64. The lowest BCUT2D eigenvalue weighted by molar-refractivity contribution is -0.114. The predicted molar refractivity (Wildman–Crippen MR) is 102 cm³/mol. The summed E-state index contributed by atoms with van der Waals surface area (Å²) in [5, 5.41) is 11.3. The molecule has 0 aliphatic heterocycles. The highest BCUT2D eigenvalue weighted by atomic mass is 19.1. The van der Waals surface area contributed by atoms with Crippen LogP contribution in [0.4, 0.5) is 25.0 Å². The Labute approximate surface area is 165 Å². The number of urea groups is 1. The predicted octanol–water partition coefficient (Wildman–Crippen LogP) is 3.08. The molecule has 150 valence electrons. The van der Waals surface area contributed by atoms with Crippen molar-refractivity contribution in [1.29, 1.82) is 0 Å². The summed E-state index contributed by atoms with van der Waals surface area (Å²) in [5.74, 6) is -2.45. The van der Waals surface area contributed by atoms with Crippen LogP contribution in [0.5, 0.6) is 0 Å². The third-order valence-corrected chi connectivity index (χ3v) is 3.96. The minimum absolute atomic E-state index is 0.239. The van der Waals surface area contributed by atoms with E-state index >= 15 is 0 Å². The van der Waals surface area contributed by atoms with E-state index < -0.39 is 29.6 Å². The molecule has 3 amide bonds. The monoisotopic (exact) mass is 400 g/mol. The molecule has 8 nitrogen and oxygen atoms in total. The van der Waals surface area contributed by atoms with Crippen molar-refractivity contribution < 1.29 is 18.4 Å². The van der Waals surface area contributed by atoms with Crippen molar-refractivity contribution in [2.24, 2.45) is 0 Å². The molecule has 10 heteroatoms. The maximum absolute atomic E-state index is 14.1. The molecule has 1 heterocycles. The third-order valence-electron chi connectivity index (χ3n) is 3.96. The number of carbonyl (C=O) groups excluding carboxylic acids is 2. The fraction of sp³-hybridized carbons (Fsp3) is 0.158. The molecule has 1 atom stereocenters. The Hall–Kier alpha value is -3.82. The van der Waals surface area contributed by atoms with Crippen LogP contribution in [0.25, 0.3) is 0 Å². The average molecular weight is 400 g/mol. The van der Waals surface area contributed by atoms with Crippen LogP contribution in [0.15, 0.2) is 55.1 Å². The number of rotatable bonds is 6. The number of benzene rings is 2. The topological polar surface area (TPSA) is 101 Å². The second kappa shape index (κ2) is 8.91. The van der Waals surface area contributed by atoms with Crippen LogP contribution in [0, 0.1) is 11.6 Å². The van der Waals surface area contributed by atoms with Crippen molar-refractivity contribution in [1.82, 2.24) is 20.1 Å². The summed E-state index contributed by atoms with van der Waals surface area (Å²) in [7, 11) is 0. The molecule has 3 N–H and O–H groups in total. The highest BCUT2D eigenvalue weighted by Gasteiger charge is 2.18. The standard InChI is InChI=1S/C19H18F2N6O2/c1-12(28)24-16-8-17(15(21)7-14(16)20)25-19(29)26-18(9-27-11-22-10-23-27)13-5-3-2-4-6-13/h2-8,10-11,18H,9H2,1H3,(H,24,28)(H2,25,26,29). The summed E-state index contributed by atoms with van der Waals surface area (Å²) >= 11 is 0. The number of nitrogens with one attached hydrogen (secondary N) is 3. The lowest BCUT2D eigenvalue weighted by Crippen LogP contribution is -2.35. The molecule has 0 bridgehead atoms. The number of amides is 3. The van der Waals surface area contributed by atoms with Crippen molar-refractivity contribution in [2.75, 3.05) is 10.6 Å². The van der Waals surface area contributed by atoms with Crippen LogP contribution in [-0.4, -0.2) is 26.7 Å². The van der Waals surface area contributed by atoms with Crippen molar-refractivity contribution in [3.05, 3.63) is 72.3 Å². The molecular weight excluding hydrogens is 382 g/mol. The summed E-state index contributed by atoms with van der Waals surface area (Å²) in [6, 6.07) is 9.55. The fourth-order valence-electron chi connectivity index (χ4n) is 2.68. The van der Waals surface area contributed by atoms with E-state index in [4.69, 9.17) is 0 Å². The van der Waals surface area contributed by atoms with Crippen molar-refractivity contribution in [2.45, 2.75) is 19.5 Å². The summed E-state index contributed by atoms with van der Waals surface area (Å²) < 4.78 is 29.4. The van der Waals surface area contributed by atoms with Crippen LogP contribution in [0.3, 0.4) is 0 Å². The van der Waals surface area contributed by atoms with Gasteiger partial charge in [0.1, 0.15) is 24.3 Å². The van der Waals surface area contributed by atoms with Crippen LogP contribution in [-0.2, 0) is 11.3 Å². The van der Waals surface area contributed by atoms with Gasteiger partial charge in [0.15, 0.2) is 0 Å². The smallest absolute Gasteiger partial charge is 0.319 e. The van der Waals surface area contributed by atoms with E-state index in [1.54, 1.807) is 4.68 Å². The van der Waals surface area contributed by atoms with E-state index in [-0.39, 0.29) is 11.4 Å². The Kier molecular flexibility index (Phi) is 6.12. The second-order valence-electron chi connectivity index (χ2n) is 6.17. The van der Waals surface area contributed by atoms with E-state index in [1.165, 1.54) is 19.6 Å². The van der Waals surface area contributed by atoms with Gasteiger partial charge in [-0.15, -0.1) is 0 Å². The number of hydrogen-bond donors (Lipinski definition) is 3. The zero-order valence-electron chi connectivity index (χ0n) is 15.4. The zero-order valence-corrected chi connectivity index (χ0v) is 15.4. The average Bonchev–Trinajstić information content (AvgIpc) is 3.18. The molecule has 2 aromatic carbocycles. The number of carbonyl (C=O) groups is 2. The third kappa shape index (κ3) is 5.34. The lowest BCUT2D eigenvalue weighted by atomic mass is 10.1. The summed E-state index contributed by atoms with van der Waals surface area (Å²) in [6.45, 7) is 1.48. The first-order valence-electron chi connectivity index (χ1n) is 8.64. The first kappa shape index (κ1) is 19.9. The van der Waals surface area contributed by atoms with Gasteiger partial charge in [-0.1, -0.05) is 30.3 Å². The van der Waals surface area contributed by atoms with Gasteiger partial charge in [-0.2, -0.15) is 5.10 Å². The Morgan fingerprint density at radius 2 is 1.76 bits per heavy atom. The van der Waals surface area contributed by atoms with Crippen LogP contribution < -0.4 is 16.0 Å². The number of nitrogens with zero attached hydrogens (tertiary/aromatic N) is 3. The maximum Gasteiger partial charge on any atom is 0.319 e. The summed E-state index contributed by atoms with van der Waals surface area (Å²) in [6.07, 6.45) is 2.88. The van der Waals surface area contributed by atoms with E-state index in [0.717, 1.165) is 11.6 Å². The van der Waals surface area contributed by atoms with Gasteiger partial charge in [0.2, 0.25) is 5.91 Å². The normalized spacial score (nSPS) is 11.6. The highest BCUT2D eigenvalue weighted by Crippen LogP contribution is 2.24. The molecule has 0 aliphatic rings. The van der Waals surface area contributed by atoms with Gasteiger partial charge < -0.3 is 16.0 Å². The van der Waals surface area contributed by atoms with Gasteiger partial charge in [-0.05, 0) is 11.6 Å². The molecule has 29 heavy (non-hydrogen) atoms. The SMILES string of the molecule is CC(=O)Nc1cc(NC(=O)NC(Cn2cncn2)c2ccccc2)c(F)cc1F. The van der Waals surface area contributed by atoms with E-state index in [0.29, 0.717) is 12.6 Å². The molecule has 1 aromatic heterocycles. The number of hydrogen-bond acceptors (Lipinski definition) is 4. The van der Waals surface area contributed by atoms with Crippen LogP contribution in [0.2, 0.25) is 0 Å². The minimum atomic E-state index is -0.973. The molecular formula is C19H18F2N6O2. The molecule has 0 fully saturated rings. The molecule has 0 spiro atoms. The number of anilines is 2. The minimum Gasteiger partial charge on any atom is -0.329 e. The van der Waals surface area contributed by atoms with Crippen LogP contribution in [0.1, 0.15) is 18.5 Å². The summed E-state index contributed by atoms with van der Waals surface area (Å²) in [4.78, 5) is 27.5. The molecule has 3 aromatic rings.